The zero-order valence-electron chi connectivity index (χ0n) is 37.4. The SMILES string of the molecule is CCCCCCCCCCC(=O)OCCCCCCN(CCCCCCOC(=O)CCCCCCCCCC)CCOCCOCCCNC(=O)OC(C)(C)C. The summed E-state index contributed by atoms with van der Waals surface area (Å²) in [6.45, 7) is 16.8. The second-order valence-corrected chi connectivity index (χ2v) is 16.6. The van der Waals surface area contributed by atoms with Gasteiger partial charge in [-0.25, -0.2) is 4.79 Å². The molecule has 10 heteroatoms. The van der Waals surface area contributed by atoms with Crippen molar-refractivity contribution < 1.29 is 38.1 Å². The van der Waals surface area contributed by atoms with Crippen LogP contribution in [-0.2, 0) is 33.3 Å². The van der Waals surface area contributed by atoms with Crippen LogP contribution in [0.1, 0.15) is 208 Å². The summed E-state index contributed by atoms with van der Waals surface area (Å²) in [6, 6.07) is 0. The number of ether oxygens (including phenoxy) is 5. The summed E-state index contributed by atoms with van der Waals surface area (Å²) in [5.74, 6) is -0.0838. The third-order valence-electron chi connectivity index (χ3n) is 9.79. The first-order valence-corrected chi connectivity index (χ1v) is 23.3. The van der Waals surface area contributed by atoms with Gasteiger partial charge in [0.15, 0.2) is 0 Å². The maximum atomic E-state index is 12.1. The first-order chi connectivity index (χ1) is 27.2. The highest BCUT2D eigenvalue weighted by Gasteiger charge is 2.15. The molecule has 0 bridgehead atoms. The highest BCUT2D eigenvalue weighted by Crippen LogP contribution is 2.12. The monoisotopic (exact) mass is 799 g/mol. The molecule has 0 aliphatic heterocycles. The van der Waals surface area contributed by atoms with Gasteiger partial charge >= 0.3 is 18.0 Å². The molecule has 0 rings (SSSR count). The quantitative estimate of drug-likeness (QED) is 0.0366. The minimum Gasteiger partial charge on any atom is -0.466 e. The number of unbranched alkanes of at least 4 members (excludes halogenated alkanes) is 20. The highest BCUT2D eigenvalue weighted by atomic mass is 16.6. The summed E-state index contributed by atoms with van der Waals surface area (Å²) in [4.78, 5) is 38.4. The van der Waals surface area contributed by atoms with E-state index in [0.717, 1.165) is 103 Å². The average Bonchev–Trinajstić information content (AvgIpc) is 3.15. The van der Waals surface area contributed by atoms with E-state index in [1.807, 2.05) is 20.8 Å². The topological polar surface area (TPSA) is 113 Å². The van der Waals surface area contributed by atoms with E-state index in [-0.39, 0.29) is 11.9 Å². The molecule has 1 amide bonds. The summed E-state index contributed by atoms with van der Waals surface area (Å²) in [5, 5.41) is 2.75. The van der Waals surface area contributed by atoms with Crippen molar-refractivity contribution in [3.63, 3.8) is 0 Å². The molecule has 0 saturated heterocycles. The molecule has 0 aromatic rings. The van der Waals surface area contributed by atoms with Gasteiger partial charge in [0.05, 0.1) is 33.0 Å². The molecule has 1 N–H and O–H groups in total. The Morgan fingerprint density at radius 1 is 0.446 bits per heavy atom. The fourth-order valence-corrected chi connectivity index (χ4v) is 6.43. The smallest absolute Gasteiger partial charge is 0.407 e. The van der Waals surface area contributed by atoms with Crippen molar-refractivity contribution in [1.82, 2.24) is 10.2 Å². The number of carbonyl (C=O) groups is 3. The van der Waals surface area contributed by atoms with Crippen LogP contribution in [0.4, 0.5) is 4.79 Å². The molecule has 0 aromatic heterocycles. The minimum atomic E-state index is -0.499. The van der Waals surface area contributed by atoms with Crippen LogP contribution >= 0.6 is 0 Å². The Balaban J connectivity index is 4.18. The maximum Gasteiger partial charge on any atom is 0.407 e. The van der Waals surface area contributed by atoms with E-state index in [1.54, 1.807) is 0 Å². The molecule has 0 aliphatic rings. The van der Waals surface area contributed by atoms with E-state index in [4.69, 9.17) is 23.7 Å². The Hall–Kier alpha value is -1.91. The van der Waals surface area contributed by atoms with Gasteiger partial charge in [-0.2, -0.15) is 0 Å². The number of carbonyl (C=O) groups excluding carboxylic acids is 3. The molecule has 0 aromatic carbocycles. The molecule has 332 valence electrons. The van der Waals surface area contributed by atoms with Crippen molar-refractivity contribution in [3.05, 3.63) is 0 Å². The number of hydrogen-bond acceptors (Lipinski definition) is 9. The van der Waals surface area contributed by atoms with Crippen molar-refractivity contribution in [3.8, 4) is 0 Å². The predicted molar refractivity (Wildman–Crippen MR) is 230 cm³/mol. The number of nitrogens with zero attached hydrogens (tertiary/aromatic N) is 1. The van der Waals surface area contributed by atoms with Crippen molar-refractivity contribution in [2.24, 2.45) is 0 Å². The van der Waals surface area contributed by atoms with Crippen LogP contribution in [-0.4, -0.2) is 94.4 Å². The van der Waals surface area contributed by atoms with Gasteiger partial charge in [0.25, 0.3) is 0 Å². The largest absolute Gasteiger partial charge is 0.466 e. The molecule has 10 nitrogen and oxygen atoms in total. The number of alkyl carbamates (subject to hydrolysis) is 1. The molecule has 0 fully saturated rings. The standard InChI is InChI=1S/C46H90N2O8/c1-6-8-10-12-14-16-18-24-31-43(49)54-38-28-22-20-26-34-48(36-40-53-42-41-52-37-30-33-47-45(51)56-46(3,4)5)35-27-21-23-29-39-55-44(50)32-25-19-17-15-13-11-9-7-2/h6-42H2,1-5H3,(H,47,51). The normalized spacial score (nSPS) is 11.6. The zero-order chi connectivity index (χ0) is 41.2. The van der Waals surface area contributed by atoms with E-state index in [9.17, 15) is 14.4 Å². The van der Waals surface area contributed by atoms with Gasteiger partial charge in [-0.3, -0.25) is 9.59 Å². The van der Waals surface area contributed by atoms with Crippen molar-refractivity contribution in [2.45, 2.75) is 214 Å². The molecule has 0 saturated carbocycles. The minimum absolute atomic E-state index is 0.0419. The Labute approximate surface area is 345 Å². The Morgan fingerprint density at radius 3 is 1.32 bits per heavy atom. The number of rotatable bonds is 42. The highest BCUT2D eigenvalue weighted by molar-refractivity contribution is 5.69. The first-order valence-electron chi connectivity index (χ1n) is 23.3. The van der Waals surface area contributed by atoms with Crippen LogP contribution < -0.4 is 5.32 Å². The number of esters is 2. The maximum absolute atomic E-state index is 12.1. The Morgan fingerprint density at radius 2 is 0.857 bits per heavy atom. The van der Waals surface area contributed by atoms with Crippen LogP contribution in [0.5, 0.6) is 0 Å². The van der Waals surface area contributed by atoms with Crippen LogP contribution in [0.2, 0.25) is 0 Å². The Bertz CT molecular complexity index is 836. The number of hydrogen-bond donors (Lipinski definition) is 1. The molecular weight excluding hydrogens is 709 g/mol. The molecule has 0 heterocycles. The summed E-state index contributed by atoms with van der Waals surface area (Å²) < 4.78 is 27.8. The first kappa shape index (κ1) is 54.1. The molecule has 0 atom stereocenters. The second-order valence-electron chi connectivity index (χ2n) is 16.6. The molecule has 0 spiro atoms. The fraction of sp³-hybridized carbons (Fsp3) is 0.935. The van der Waals surface area contributed by atoms with Gasteiger partial charge < -0.3 is 33.9 Å². The Kier molecular flexibility index (Phi) is 39.8. The van der Waals surface area contributed by atoms with Gasteiger partial charge in [-0.1, -0.05) is 129 Å². The van der Waals surface area contributed by atoms with Crippen molar-refractivity contribution >= 4 is 18.0 Å². The van der Waals surface area contributed by atoms with Crippen molar-refractivity contribution in [1.29, 1.82) is 0 Å². The van der Waals surface area contributed by atoms with E-state index in [2.05, 4.69) is 24.1 Å². The second kappa shape index (κ2) is 41.3. The number of amides is 1. The average molecular weight is 799 g/mol. The van der Waals surface area contributed by atoms with Gasteiger partial charge in [-0.15, -0.1) is 0 Å². The van der Waals surface area contributed by atoms with Gasteiger partial charge in [0.2, 0.25) is 0 Å². The lowest BCUT2D eigenvalue weighted by molar-refractivity contribution is -0.144. The van der Waals surface area contributed by atoms with Crippen molar-refractivity contribution in [2.75, 3.05) is 65.8 Å². The van der Waals surface area contributed by atoms with Crippen LogP contribution in [0.25, 0.3) is 0 Å². The zero-order valence-corrected chi connectivity index (χ0v) is 37.4. The van der Waals surface area contributed by atoms with E-state index in [1.165, 1.54) is 77.0 Å². The molecular formula is C46H90N2O8. The van der Waals surface area contributed by atoms with Crippen LogP contribution in [0.3, 0.4) is 0 Å². The van der Waals surface area contributed by atoms with Gasteiger partial charge in [-0.05, 0) is 78.8 Å². The van der Waals surface area contributed by atoms with Crippen LogP contribution in [0, 0.1) is 0 Å². The predicted octanol–water partition coefficient (Wildman–Crippen LogP) is 11.5. The van der Waals surface area contributed by atoms with E-state index >= 15 is 0 Å². The molecule has 0 unspecified atom stereocenters. The molecule has 0 aliphatic carbocycles. The molecule has 0 radical (unpaired) electrons. The lowest BCUT2D eigenvalue weighted by Gasteiger charge is -2.22. The number of nitrogens with one attached hydrogen (secondary N) is 1. The summed E-state index contributed by atoms with van der Waals surface area (Å²) in [7, 11) is 0. The summed E-state index contributed by atoms with van der Waals surface area (Å²) >= 11 is 0. The van der Waals surface area contributed by atoms with E-state index < -0.39 is 11.7 Å². The third kappa shape index (κ3) is 43.2. The summed E-state index contributed by atoms with van der Waals surface area (Å²) in [5.41, 5.74) is -0.499. The fourth-order valence-electron chi connectivity index (χ4n) is 6.43. The lowest BCUT2D eigenvalue weighted by atomic mass is 10.1. The lowest BCUT2D eigenvalue weighted by Crippen LogP contribution is -2.33. The molecule has 56 heavy (non-hydrogen) atoms. The van der Waals surface area contributed by atoms with Crippen LogP contribution in [0.15, 0.2) is 0 Å². The third-order valence-corrected chi connectivity index (χ3v) is 9.79. The van der Waals surface area contributed by atoms with Gasteiger partial charge in [0.1, 0.15) is 5.60 Å². The van der Waals surface area contributed by atoms with E-state index in [0.29, 0.717) is 59.0 Å². The van der Waals surface area contributed by atoms with Gasteiger partial charge in [0, 0.05) is 32.5 Å². The summed E-state index contributed by atoms with van der Waals surface area (Å²) in [6.07, 6.45) is 29.6.